The molecule has 0 aliphatic carbocycles. The highest BCUT2D eigenvalue weighted by atomic mass is 32.2. The number of sulfonamides is 1. The smallest absolute Gasteiger partial charge is 0.264 e. The molecule has 138 valence electrons. The highest BCUT2D eigenvalue weighted by Gasteiger charge is 2.23. The molecule has 0 atom stereocenters. The average Bonchev–Trinajstić information content (AvgIpc) is 2.67. The van der Waals surface area contributed by atoms with Crippen LogP contribution in [0.15, 0.2) is 72.1 Å². The molecule has 0 aliphatic heterocycles. The number of carbonyl (C=O) groups excluding carboxylic acids is 1. The van der Waals surface area contributed by atoms with Crippen LogP contribution in [0.1, 0.15) is 10.4 Å². The number of carbonyl (C=O) groups is 1. The van der Waals surface area contributed by atoms with Gasteiger partial charge in [-0.3, -0.25) is 9.10 Å². The van der Waals surface area contributed by atoms with Crippen LogP contribution < -0.4 is 9.62 Å². The van der Waals surface area contributed by atoms with E-state index in [0.29, 0.717) is 24.4 Å². The van der Waals surface area contributed by atoms with E-state index in [1.807, 2.05) is 0 Å². The van der Waals surface area contributed by atoms with Crippen molar-refractivity contribution in [3.05, 3.63) is 72.8 Å². The maximum absolute atomic E-state index is 12.9. The monoisotopic (exact) mass is 374 g/mol. The Hall–Kier alpha value is -2.64. The highest BCUT2D eigenvalue weighted by Crippen LogP contribution is 2.24. The quantitative estimate of drug-likeness (QED) is 0.540. The average molecular weight is 374 g/mol. The van der Waals surface area contributed by atoms with Gasteiger partial charge in [-0.1, -0.05) is 24.3 Å². The lowest BCUT2D eigenvalue weighted by Crippen LogP contribution is -2.31. The second kappa shape index (κ2) is 9.17. The molecule has 0 aromatic heterocycles. The van der Waals surface area contributed by atoms with Gasteiger partial charge in [-0.15, -0.1) is 6.58 Å². The van der Waals surface area contributed by atoms with Crippen molar-refractivity contribution in [2.75, 3.05) is 31.1 Å². The zero-order valence-electron chi connectivity index (χ0n) is 14.6. The number of ether oxygens (including phenoxy) is 1. The number of nitrogens with zero attached hydrogens (tertiary/aromatic N) is 1. The van der Waals surface area contributed by atoms with Gasteiger partial charge in [0, 0.05) is 19.2 Å². The molecule has 2 aromatic rings. The maximum Gasteiger partial charge on any atom is 0.264 e. The van der Waals surface area contributed by atoms with Gasteiger partial charge >= 0.3 is 0 Å². The number of amides is 1. The molecule has 6 nitrogen and oxygen atoms in total. The lowest BCUT2D eigenvalue weighted by atomic mass is 10.2. The molecule has 0 unspecified atom stereocenters. The molecule has 0 heterocycles. The predicted molar refractivity (Wildman–Crippen MR) is 102 cm³/mol. The zero-order chi connectivity index (χ0) is 19.0. The lowest BCUT2D eigenvalue weighted by molar-refractivity contribution is 0.0937. The minimum Gasteiger partial charge on any atom is -0.383 e. The number of nitrogens with one attached hydrogen (secondary N) is 1. The zero-order valence-corrected chi connectivity index (χ0v) is 15.4. The van der Waals surface area contributed by atoms with Gasteiger partial charge < -0.3 is 10.1 Å². The molecular formula is C19H22N2O4S. The van der Waals surface area contributed by atoms with Crippen molar-refractivity contribution in [3.63, 3.8) is 0 Å². The summed E-state index contributed by atoms with van der Waals surface area (Å²) in [5.74, 6) is -0.241. The Morgan fingerprint density at radius 1 is 1.15 bits per heavy atom. The third-order valence-corrected chi connectivity index (χ3v) is 5.44. The summed E-state index contributed by atoms with van der Waals surface area (Å²) in [5.41, 5.74) is 0.905. The van der Waals surface area contributed by atoms with Crippen LogP contribution in [0.2, 0.25) is 0 Å². The maximum atomic E-state index is 12.9. The SMILES string of the molecule is C=CCN(c1ccc(C(=O)NCCOC)cc1)S(=O)(=O)c1ccccc1. The summed E-state index contributed by atoms with van der Waals surface area (Å²) in [6, 6.07) is 14.6. The summed E-state index contributed by atoms with van der Waals surface area (Å²) < 4.78 is 31.9. The first-order valence-electron chi connectivity index (χ1n) is 8.06. The summed E-state index contributed by atoms with van der Waals surface area (Å²) >= 11 is 0. The lowest BCUT2D eigenvalue weighted by Gasteiger charge is -2.23. The Labute approximate surface area is 154 Å². The first-order valence-corrected chi connectivity index (χ1v) is 9.50. The van der Waals surface area contributed by atoms with E-state index in [1.165, 1.54) is 10.4 Å². The third kappa shape index (κ3) is 4.71. The van der Waals surface area contributed by atoms with Gasteiger partial charge in [0.25, 0.3) is 15.9 Å². The topological polar surface area (TPSA) is 75.7 Å². The van der Waals surface area contributed by atoms with Gasteiger partial charge in [0.15, 0.2) is 0 Å². The molecule has 0 saturated carbocycles. The number of anilines is 1. The van der Waals surface area contributed by atoms with E-state index < -0.39 is 10.0 Å². The molecule has 0 saturated heterocycles. The number of hydrogen-bond acceptors (Lipinski definition) is 4. The molecule has 0 fully saturated rings. The largest absolute Gasteiger partial charge is 0.383 e. The van der Waals surface area contributed by atoms with E-state index in [4.69, 9.17) is 4.74 Å². The van der Waals surface area contributed by atoms with Gasteiger partial charge in [0.1, 0.15) is 0 Å². The number of hydrogen-bond donors (Lipinski definition) is 1. The number of rotatable bonds is 9. The molecule has 2 rings (SSSR count). The van der Waals surface area contributed by atoms with Crippen molar-refractivity contribution in [1.29, 1.82) is 0 Å². The second-order valence-electron chi connectivity index (χ2n) is 5.43. The van der Waals surface area contributed by atoms with Gasteiger partial charge in [0.05, 0.1) is 23.7 Å². The molecule has 0 radical (unpaired) electrons. The molecule has 0 bridgehead atoms. The number of methoxy groups -OCH3 is 1. The van der Waals surface area contributed by atoms with E-state index in [1.54, 1.807) is 61.7 Å². The van der Waals surface area contributed by atoms with Gasteiger partial charge in [0.2, 0.25) is 0 Å². The Bertz CT molecular complexity index is 834. The van der Waals surface area contributed by atoms with E-state index >= 15 is 0 Å². The van der Waals surface area contributed by atoms with Crippen LogP contribution in [-0.4, -0.2) is 41.1 Å². The van der Waals surface area contributed by atoms with E-state index in [-0.39, 0.29) is 17.3 Å². The Morgan fingerprint density at radius 2 is 1.81 bits per heavy atom. The minimum absolute atomic E-state index is 0.122. The van der Waals surface area contributed by atoms with Crippen LogP contribution in [-0.2, 0) is 14.8 Å². The molecule has 7 heteroatoms. The van der Waals surface area contributed by atoms with Crippen molar-refractivity contribution in [2.24, 2.45) is 0 Å². The molecule has 26 heavy (non-hydrogen) atoms. The molecule has 1 amide bonds. The summed E-state index contributed by atoms with van der Waals surface area (Å²) in [5, 5.41) is 2.72. The Kier molecular flexibility index (Phi) is 6.94. The van der Waals surface area contributed by atoms with Crippen molar-refractivity contribution in [2.45, 2.75) is 4.90 Å². The number of benzene rings is 2. The summed E-state index contributed by atoms with van der Waals surface area (Å²) in [4.78, 5) is 12.2. The molecule has 0 spiro atoms. The van der Waals surface area contributed by atoms with Crippen LogP contribution >= 0.6 is 0 Å². The molecule has 1 N–H and O–H groups in total. The summed E-state index contributed by atoms with van der Waals surface area (Å²) in [7, 11) is -2.16. The van der Waals surface area contributed by atoms with Gasteiger partial charge in [-0.2, -0.15) is 0 Å². The standard InChI is InChI=1S/C19H22N2O4S/c1-3-14-21(26(23,24)18-7-5-4-6-8-18)17-11-9-16(10-12-17)19(22)20-13-15-25-2/h3-12H,1,13-15H2,2H3,(H,20,22). The first kappa shape index (κ1) is 19.7. The summed E-state index contributed by atoms with van der Waals surface area (Å²) in [6.45, 7) is 4.59. The molecule has 2 aromatic carbocycles. The van der Waals surface area contributed by atoms with E-state index in [2.05, 4.69) is 11.9 Å². The van der Waals surface area contributed by atoms with Crippen LogP contribution in [0.25, 0.3) is 0 Å². The summed E-state index contributed by atoms with van der Waals surface area (Å²) in [6.07, 6.45) is 1.52. The highest BCUT2D eigenvalue weighted by molar-refractivity contribution is 7.92. The predicted octanol–water partition coefficient (Wildman–Crippen LogP) is 2.44. The van der Waals surface area contributed by atoms with Crippen LogP contribution in [0.5, 0.6) is 0 Å². The fraction of sp³-hybridized carbons (Fsp3) is 0.211. The minimum atomic E-state index is -3.72. The van der Waals surface area contributed by atoms with Gasteiger partial charge in [-0.25, -0.2) is 8.42 Å². The van der Waals surface area contributed by atoms with Crippen molar-refractivity contribution in [3.8, 4) is 0 Å². The van der Waals surface area contributed by atoms with Crippen molar-refractivity contribution < 1.29 is 17.9 Å². The molecular weight excluding hydrogens is 352 g/mol. The van der Waals surface area contributed by atoms with Crippen molar-refractivity contribution in [1.82, 2.24) is 5.32 Å². The fourth-order valence-electron chi connectivity index (χ4n) is 2.33. The Morgan fingerprint density at radius 3 is 2.38 bits per heavy atom. The van der Waals surface area contributed by atoms with Gasteiger partial charge in [-0.05, 0) is 36.4 Å². The second-order valence-corrected chi connectivity index (χ2v) is 7.30. The van der Waals surface area contributed by atoms with E-state index in [0.717, 1.165) is 0 Å². The van der Waals surface area contributed by atoms with Crippen LogP contribution in [0, 0.1) is 0 Å². The van der Waals surface area contributed by atoms with Crippen LogP contribution in [0.4, 0.5) is 5.69 Å². The first-order chi connectivity index (χ1) is 12.5. The molecule has 0 aliphatic rings. The van der Waals surface area contributed by atoms with E-state index in [9.17, 15) is 13.2 Å². The third-order valence-electron chi connectivity index (χ3n) is 3.64. The fourth-order valence-corrected chi connectivity index (χ4v) is 3.78. The Balaban J connectivity index is 2.25. The van der Waals surface area contributed by atoms with Crippen LogP contribution in [0.3, 0.4) is 0 Å². The normalized spacial score (nSPS) is 11.0. The van der Waals surface area contributed by atoms with Crippen molar-refractivity contribution >= 4 is 21.6 Å².